The summed E-state index contributed by atoms with van der Waals surface area (Å²) < 4.78 is 12.6. The number of anilines is 1. The molecule has 0 aliphatic heterocycles. The van der Waals surface area contributed by atoms with Gasteiger partial charge in [-0.3, -0.25) is 0 Å². The fraction of sp³-hybridized carbons (Fsp3) is 0.444. The van der Waals surface area contributed by atoms with Gasteiger partial charge in [0.1, 0.15) is 0 Å². The van der Waals surface area contributed by atoms with Crippen molar-refractivity contribution in [3.05, 3.63) is 24.3 Å². The molecule has 1 rings (SSSR count). The van der Waals surface area contributed by atoms with Gasteiger partial charge in [0, 0.05) is 31.5 Å². The first-order valence-electron chi connectivity index (χ1n) is 4.06. The van der Waals surface area contributed by atoms with Gasteiger partial charge in [0.2, 0.25) is 5.95 Å². The minimum atomic E-state index is -0.421. The van der Waals surface area contributed by atoms with Crippen molar-refractivity contribution < 1.29 is 4.39 Å². The van der Waals surface area contributed by atoms with E-state index in [1.54, 1.807) is 6.07 Å². The molecule has 0 aliphatic carbocycles. The van der Waals surface area contributed by atoms with E-state index in [-0.39, 0.29) is 0 Å². The van der Waals surface area contributed by atoms with E-state index in [0.717, 1.165) is 18.7 Å². The molecular formula is C9H13FN2. The van der Waals surface area contributed by atoms with Gasteiger partial charge in [0.15, 0.2) is 0 Å². The fourth-order valence-corrected chi connectivity index (χ4v) is 1.09. The third-order valence-corrected chi connectivity index (χ3v) is 1.71. The molecule has 0 atom stereocenters. The Labute approximate surface area is 72.0 Å². The van der Waals surface area contributed by atoms with E-state index < -0.39 is 5.95 Å². The largest absolute Gasteiger partial charge is 0.374 e. The molecule has 0 fully saturated rings. The van der Waals surface area contributed by atoms with Crippen LogP contribution in [0.25, 0.3) is 0 Å². The second-order valence-electron chi connectivity index (χ2n) is 2.76. The van der Waals surface area contributed by atoms with E-state index in [0.29, 0.717) is 0 Å². The van der Waals surface area contributed by atoms with Crippen LogP contribution in [-0.4, -0.2) is 18.6 Å². The number of pyridine rings is 1. The van der Waals surface area contributed by atoms with Gasteiger partial charge in [-0.15, -0.1) is 0 Å². The van der Waals surface area contributed by atoms with Crippen LogP contribution in [0.15, 0.2) is 18.3 Å². The Morgan fingerprint density at radius 3 is 2.92 bits per heavy atom. The Kier molecular flexibility index (Phi) is 3.02. The van der Waals surface area contributed by atoms with Crippen LogP contribution in [-0.2, 0) is 0 Å². The van der Waals surface area contributed by atoms with E-state index in [1.807, 2.05) is 11.9 Å². The average Bonchev–Trinajstić information content (AvgIpc) is 2.05. The van der Waals surface area contributed by atoms with Gasteiger partial charge in [0.05, 0.1) is 0 Å². The molecule has 0 aromatic carbocycles. The summed E-state index contributed by atoms with van der Waals surface area (Å²) in [5.41, 5.74) is 0.879. The van der Waals surface area contributed by atoms with E-state index in [9.17, 15) is 4.39 Å². The molecule has 0 spiro atoms. The first-order chi connectivity index (χ1) is 5.74. The first kappa shape index (κ1) is 8.97. The molecule has 1 aromatic heterocycles. The zero-order chi connectivity index (χ0) is 8.97. The Morgan fingerprint density at radius 2 is 2.33 bits per heavy atom. The van der Waals surface area contributed by atoms with Gasteiger partial charge in [0.25, 0.3) is 0 Å². The molecule has 0 N–H and O–H groups in total. The van der Waals surface area contributed by atoms with Gasteiger partial charge in [-0.1, -0.05) is 6.92 Å². The van der Waals surface area contributed by atoms with Gasteiger partial charge in [-0.25, -0.2) is 4.98 Å². The monoisotopic (exact) mass is 168 g/mol. The molecule has 66 valence electrons. The van der Waals surface area contributed by atoms with Crippen molar-refractivity contribution in [2.75, 3.05) is 18.5 Å². The van der Waals surface area contributed by atoms with Crippen molar-refractivity contribution in [2.45, 2.75) is 13.3 Å². The summed E-state index contributed by atoms with van der Waals surface area (Å²) in [7, 11) is 1.94. The highest BCUT2D eigenvalue weighted by Gasteiger charge is 1.99. The number of nitrogens with zero attached hydrogens (tertiary/aromatic N) is 2. The third kappa shape index (κ3) is 2.19. The standard InChI is InChI=1S/C9H13FN2/c1-3-6-12(2)8-4-5-11-9(10)7-8/h4-5,7H,3,6H2,1-2H3. The number of hydrogen-bond donors (Lipinski definition) is 0. The Morgan fingerprint density at radius 1 is 1.58 bits per heavy atom. The molecule has 3 heteroatoms. The van der Waals surface area contributed by atoms with Crippen LogP contribution < -0.4 is 4.90 Å². The lowest BCUT2D eigenvalue weighted by Crippen LogP contribution is -2.17. The molecule has 2 nitrogen and oxygen atoms in total. The zero-order valence-corrected chi connectivity index (χ0v) is 7.42. The number of hydrogen-bond acceptors (Lipinski definition) is 2. The van der Waals surface area contributed by atoms with Crippen molar-refractivity contribution in [1.82, 2.24) is 4.98 Å². The molecule has 0 aliphatic rings. The summed E-state index contributed by atoms with van der Waals surface area (Å²) in [5.74, 6) is -0.421. The lowest BCUT2D eigenvalue weighted by atomic mass is 10.3. The van der Waals surface area contributed by atoms with E-state index in [4.69, 9.17) is 0 Å². The highest BCUT2D eigenvalue weighted by Crippen LogP contribution is 2.11. The molecule has 12 heavy (non-hydrogen) atoms. The maximum atomic E-state index is 12.6. The smallest absolute Gasteiger partial charge is 0.214 e. The summed E-state index contributed by atoms with van der Waals surface area (Å²) in [6, 6.07) is 3.24. The highest BCUT2D eigenvalue weighted by molar-refractivity contribution is 5.43. The summed E-state index contributed by atoms with van der Waals surface area (Å²) in [5, 5.41) is 0. The average molecular weight is 168 g/mol. The van der Waals surface area contributed by atoms with Crippen LogP contribution in [0.4, 0.5) is 10.1 Å². The molecule has 1 heterocycles. The predicted octanol–water partition coefficient (Wildman–Crippen LogP) is 2.07. The quantitative estimate of drug-likeness (QED) is 0.642. The summed E-state index contributed by atoms with van der Waals surface area (Å²) >= 11 is 0. The molecule has 1 aromatic rings. The van der Waals surface area contributed by atoms with E-state index in [1.165, 1.54) is 12.3 Å². The summed E-state index contributed by atoms with van der Waals surface area (Å²) in [6.07, 6.45) is 2.54. The van der Waals surface area contributed by atoms with Crippen LogP contribution >= 0.6 is 0 Å². The first-order valence-corrected chi connectivity index (χ1v) is 4.06. The topological polar surface area (TPSA) is 16.1 Å². The SMILES string of the molecule is CCCN(C)c1ccnc(F)c1. The van der Waals surface area contributed by atoms with Crippen molar-refractivity contribution in [3.63, 3.8) is 0 Å². The van der Waals surface area contributed by atoms with Gasteiger partial charge < -0.3 is 4.90 Å². The van der Waals surface area contributed by atoms with Gasteiger partial charge >= 0.3 is 0 Å². The second-order valence-corrected chi connectivity index (χ2v) is 2.76. The molecular weight excluding hydrogens is 155 g/mol. The van der Waals surface area contributed by atoms with Gasteiger partial charge in [-0.2, -0.15) is 4.39 Å². The minimum absolute atomic E-state index is 0.421. The Hall–Kier alpha value is -1.12. The van der Waals surface area contributed by atoms with E-state index >= 15 is 0 Å². The van der Waals surface area contributed by atoms with Crippen molar-refractivity contribution in [2.24, 2.45) is 0 Å². The van der Waals surface area contributed by atoms with Gasteiger partial charge in [-0.05, 0) is 12.5 Å². The van der Waals surface area contributed by atoms with Crippen molar-refractivity contribution in [1.29, 1.82) is 0 Å². The molecule has 0 saturated heterocycles. The number of aromatic nitrogens is 1. The third-order valence-electron chi connectivity index (χ3n) is 1.71. The summed E-state index contributed by atoms with van der Waals surface area (Å²) in [6.45, 7) is 3.03. The van der Waals surface area contributed by atoms with Crippen LogP contribution in [0.5, 0.6) is 0 Å². The predicted molar refractivity (Wildman–Crippen MR) is 47.8 cm³/mol. The van der Waals surface area contributed by atoms with Crippen molar-refractivity contribution >= 4 is 5.69 Å². The number of halogens is 1. The zero-order valence-electron chi connectivity index (χ0n) is 7.42. The molecule has 0 unspecified atom stereocenters. The summed E-state index contributed by atoms with van der Waals surface area (Å²) in [4.78, 5) is 5.49. The molecule has 0 bridgehead atoms. The van der Waals surface area contributed by atoms with Crippen LogP contribution in [0.2, 0.25) is 0 Å². The Balaban J connectivity index is 2.73. The molecule has 0 radical (unpaired) electrons. The Bertz CT molecular complexity index is 250. The van der Waals surface area contributed by atoms with Crippen LogP contribution in [0.3, 0.4) is 0 Å². The second kappa shape index (κ2) is 4.04. The van der Waals surface area contributed by atoms with Crippen molar-refractivity contribution in [3.8, 4) is 0 Å². The highest BCUT2D eigenvalue weighted by atomic mass is 19.1. The normalized spacial score (nSPS) is 9.92. The number of rotatable bonds is 3. The molecule has 0 saturated carbocycles. The maximum Gasteiger partial charge on any atom is 0.214 e. The fourth-order valence-electron chi connectivity index (χ4n) is 1.09. The maximum absolute atomic E-state index is 12.6. The lowest BCUT2D eigenvalue weighted by Gasteiger charge is -2.17. The lowest BCUT2D eigenvalue weighted by molar-refractivity contribution is 0.583. The van der Waals surface area contributed by atoms with Crippen LogP contribution in [0.1, 0.15) is 13.3 Å². The minimum Gasteiger partial charge on any atom is -0.374 e. The molecule has 0 amide bonds. The van der Waals surface area contributed by atoms with Crippen LogP contribution in [0, 0.1) is 5.95 Å². The van der Waals surface area contributed by atoms with E-state index in [2.05, 4.69) is 11.9 Å².